The molecule has 6 unspecified atom stereocenters. The minimum absolute atomic E-state index is 0. The monoisotopic (exact) mass is 2250 g/mol. The zero-order valence-electron chi connectivity index (χ0n) is 90.7. The van der Waals surface area contributed by atoms with Crippen LogP contribution in [0.3, 0.4) is 0 Å². The molecule has 0 bridgehead atoms. The molecule has 32 heteroatoms. The SMILES string of the molecule is CCOP(=O)([O-])Oc1c(C(C)(C)C)cc(C)cc1C(C)(C)C.CCOP(=O)([O-])Oc1c(C(C)(C)C)cc(C)cc1C(C)(C)C.CCOP(=O)([O-])Oc1c(C(C)(C)C)cc(C)cc1C(C)(C)C.CCOP(=O)([O-])Oc1c(C(C)(C)C)cc(C)cc1C(C)(C)C.CCOP(=O)([O-])Oc1c(C(C)(C)C)cc(C)cc1C(C)(C)C.CCOP(=O)([O-])Oc1c(C(C)(C)C)cc(C)cc1C(C)(C)C.[Nd+3].[Nd+3]. The molecule has 0 fully saturated rings. The number of rotatable bonds is 24. The van der Waals surface area contributed by atoms with Gasteiger partial charge in [-0.3, -0.25) is 27.4 Å². The standard InChI is InChI=1S/6C17H29O4P.2Nd/c6*1-9-20-22(18,19)21-15-13(16(3,4)5)10-12(2)11-14(15)17(6,7)8;;/h6*10-11H,9H2,1-8H3,(H,18,19);;/q;;;;;;2*+3/p-6. The van der Waals surface area contributed by atoms with Gasteiger partial charge in [-0.25, -0.2) is 0 Å². The molecular formula is C102H168Nd2O24P6. The third-order valence-corrected chi connectivity index (χ3v) is 25.9. The molecule has 0 aliphatic rings. The van der Waals surface area contributed by atoms with Crippen molar-refractivity contribution < 1.29 is 193 Å². The Morgan fingerprint density at radius 3 is 0.299 bits per heavy atom. The summed E-state index contributed by atoms with van der Waals surface area (Å²) in [5.74, 6) is 2.40. The third kappa shape index (κ3) is 44.5. The van der Waals surface area contributed by atoms with E-state index >= 15 is 0 Å². The predicted octanol–water partition coefficient (Wildman–Crippen LogP) is 26.8. The Labute approximate surface area is 875 Å². The van der Waals surface area contributed by atoms with Gasteiger partial charge in [0, 0.05) is 66.8 Å². The average Bonchev–Trinajstić information content (AvgIpc) is 0.798. The molecule has 6 atom stereocenters. The van der Waals surface area contributed by atoms with E-state index in [1.54, 1.807) is 41.5 Å². The first-order valence-corrected chi connectivity index (χ1v) is 54.3. The molecule has 0 N–H and O–H groups in total. The Balaban J connectivity index is 0. The van der Waals surface area contributed by atoms with Gasteiger partial charge < -0.3 is 83.6 Å². The van der Waals surface area contributed by atoms with Crippen LogP contribution in [0.25, 0.3) is 0 Å². The number of aryl methyl sites for hydroxylation is 6. The Bertz CT molecular complexity index is 4100. The zero-order valence-corrected chi connectivity index (χ0v) is 102. The van der Waals surface area contributed by atoms with Gasteiger partial charge >= 0.3 is 129 Å². The fraction of sp³-hybridized carbons (Fsp3) is 0.647. The van der Waals surface area contributed by atoms with Crippen LogP contribution >= 0.6 is 46.9 Å². The summed E-state index contributed by atoms with van der Waals surface area (Å²) < 4.78 is 133. The predicted molar refractivity (Wildman–Crippen MR) is 531 cm³/mol. The summed E-state index contributed by atoms with van der Waals surface area (Å²) in [6.07, 6.45) is 0. The largest absolute Gasteiger partial charge is 3.00 e. The Kier molecular flexibility index (Phi) is 50.9. The number of hydrogen-bond acceptors (Lipinski definition) is 24. The normalized spacial score (nSPS) is 15.3. The molecule has 134 heavy (non-hydrogen) atoms. The van der Waals surface area contributed by atoms with E-state index in [-0.39, 0.29) is 186 Å². The van der Waals surface area contributed by atoms with Gasteiger partial charge in [0.1, 0.15) is 34.5 Å². The maximum absolute atomic E-state index is 12.0. The van der Waals surface area contributed by atoms with Crippen LogP contribution in [0.1, 0.15) is 391 Å². The maximum atomic E-state index is 12.0. The molecule has 0 aliphatic heterocycles. The van der Waals surface area contributed by atoms with Crippen LogP contribution in [0, 0.1) is 123 Å². The fourth-order valence-corrected chi connectivity index (χ4v) is 18.4. The summed E-state index contributed by atoms with van der Waals surface area (Å²) >= 11 is 0. The van der Waals surface area contributed by atoms with Crippen molar-refractivity contribution in [3.05, 3.63) is 173 Å². The number of phosphoric acid groups is 6. The molecule has 0 aromatic heterocycles. The molecule has 6 rings (SSSR count). The van der Waals surface area contributed by atoms with E-state index < -0.39 is 46.9 Å². The van der Waals surface area contributed by atoms with Crippen LogP contribution in [0.15, 0.2) is 72.8 Å². The van der Waals surface area contributed by atoms with Crippen LogP contribution in [0.5, 0.6) is 34.5 Å². The van der Waals surface area contributed by atoms with Gasteiger partial charge in [0.05, 0.1) is 39.6 Å². The average molecular weight is 2250 g/mol. The fourth-order valence-electron chi connectivity index (χ4n) is 13.7. The van der Waals surface area contributed by atoms with Gasteiger partial charge in [-0.15, -0.1) is 0 Å². The topological polar surface area (TPSA) is 352 Å². The summed E-state index contributed by atoms with van der Waals surface area (Å²) in [6, 6.07) is 23.8. The van der Waals surface area contributed by atoms with E-state index in [1.807, 2.05) is 364 Å². The molecule has 0 spiro atoms. The van der Waals surface area contributed by atoms with Crippen LogP contribution < -0.4 is 56.5 Å². The molecule has 24 nitrogen and oxygen atoms in total. The first-order valence-electron chi connectivity index (χ1n) is 45.5. The second-order valence-corrected chi connectivity index (χ2v) is 53.9. The van der Waals surface area contributed by atoms with Gasteiger partial charge in [0.2, 0.25) is 0 Å². The van der Waals surface area contributed by atoms with Crippen molar-refractivity contribution in [2.75, 3.05) is 39.6 Å². The number of hydrogen-bond donors (Lipinski definition) is 0. The Morgan fingerprint density at radius 1 is 0.179 bits per heavy atom. The molecule has 0 saturated carbocycles. The molecular weight excluding hydrogens is 2080 g/mol. The minimum atomic E-state index is -4.37. The van der Waals surface area contributed by atoms with Gasteiger partial charge in [-0.05, 0) is 148 Å². The number of benzene rings is 6. The van der Waals surface area contributed by atoms with Gasteiger partial charge in [0.15, 0.2) is 0 Å². The molecule has 0 heterocycles. The van der Waals surface area contributed by atoms with Crippen molar-refractivity contribution in [2.45, 2.75) is 397 Å². The van der Waals surface area contributed by atoms with Crippen LogP contribution in [-0.2, 0) is 120 Å². The molecule has 2 radical (unpaired) electrons. The zero-order chi connectivity index (χ0) is 104. The van der Waals surface area contributed by atoms with Gasteiger partial charge in [-0.1, -0.05) is 355 Å². The van der Waals surface area contributed by atoms with E-state index in [2.05, 4.69) is 0 Å². The van der Waals surface area contributed by atoms with Crippen molar-refractivity contribution in [1.82, 2.24) is 0 Å². The van der Waals surface area contributed by atoms with E-state index in [0.717, 1.165) is 100 Å². The molecule has 0 amide bonds. The van der Waals surface area contributed by atoms with Gasteiger partial charge in [0.25, 0.3) is 0 Å². The molecule has 0 saturated heterocycles. The number of phosphoric ester groups is 6. The first kappa shape index (κ1) is 134. The molecule has 0 aliphatic carbocycles. The molecule has 6 aromatic carbocycles. The summed E-state index contributed by atoms with van der Waals surface area (Å²) in [6.45, 7) is 95.5. The summed E-state index contributed by atoms with van der Waals surface area (Å²) in [7, 11) is -26.2. The second-order valence-electron chi connectivity index (χ2n) is 45.9. The van der Waals surface area contributed by atoms with Crippen molar-refractivity contribution >= 4 is 46.9 Å². The van der Waals surface area contributed by atoms with Crippen molar-refractivity contribution in [1.29, 1.82) is 0 Å². The summed E-state index contributed by atoms with van der Waals surface area (Å²) in [5, 5.41) is 0. The van der Waals surface area contributed by atoms with E-state index in [1.165, 1.54) is 0 Å². The smallest absolute Gasteiger partial charge is 0.746 e. The second kappa shape index (κ2) is 51.0. The maximum Gasteiger partial charge on any atom is 3.00 e. The van der Waals surface area contributed by atoms with E-state index in [9.17, 15) is 56.8 Å². The van der Waals surface area contributed by atoms with E-state index in [4.69, 9.17) is 54.3 Å². The van der Waals surface area contributed by atoms with Crippen molar-refractivity contribution in [2.24, 2.45) is 0 Å². The van der Waals surface area contributed by atoms with Crippen LogP contribution in [-0.4, -0.2) is 39.6 Å². The van der Waals surface area contributed by atoms with E-state index in [0.29, 0.717) is 34.5 Å². The minimum Gasteiger partial charge on any atom is -0.746 e. The molecule has 758 valence electrons. The van der Waals surface area contributed by atoms with Crippen molar-refractivity contribution in [3.8, 4) is 34.5 Å². The Hall–Kier alpha value is -2.28. The van der Waals surface area contributed by atoms with Gasteiger partial charge in [-0.2, -0.15) is 0 Å². The van der Waals surface area contributed by atoms with Crippen LogP contribution in [0.2, 0.25) is 0 Å². The summed E-state index contributed by atoms with van der Waals surface area (Å²) in [5.41, 5.74) is 14.0. The first-order chi connectivity index (χ1) is 58.7. The third-order valence-electron chi connectivity index (χ3n) is 20.0. The summed E-state index contributed by atoms with van der Waals surface area (Å²) in [4.78, 5) is 72.2. The van der Waals surface area contributed by atoms with Crippen LogP contribution in [0.4, 0.5) is 0 Å². The Morgan fingerprint density at radius 2 is 0.246 bits per heavy atom. The van der Waals surface area contributed by atoms with Crippen molar-refractivity contribution in [3.63, 3.8) is 0 Å². The molecule has 6 aromatic rings. The quantitative estimate of drug-likeness (QED) is 0.0508.